The van der Waals surface area contributed by atoms with E-state index >= 15 is 0 Å². The molecular formula is C12H11ClFN3. The van der Waals surface area contributed by atoms with Gasteiger partial charge < -0.3 is 5.32 Å². The average molecular weight is 252 g/mol. The van der Waals surface area contributed by atoms with Crippen LogP contribution in [0, 0.1) is 5.82 Å². The Hall–Kier alpha value is -1.68. The predicted octanol–water partition coefficient (Wildman–Crippen LogP) is 3.37. The lowest BCUT2D eigenvalue weighted by Crippen LogP contribution is -2.02. The highest BCUT2D eigenvalue weighted by Gasteiger charge is 2.09. The minimum Gasteiger partial charge on any atom is -0.369 e. The fourth-order valence-electron chi connectivity index (χ4n) is 1.49. The van der Waals surface area contributed by atoms with Gasteiger partial charge in [-0.05, 0) is 25.1 Å². The first-order chi connectivity index (χ1) is 8.22. The van der Waals surface area contributed by atoms with E-state index < -0.39 is 5.82 Å². The lowest BCUT2D eigenvalue weighted by atomic mass is 10.1. The molecule has 0 spiro atoms. The van der Waals surface area contributed by atoms with Gasteiger partial charge in [0.05, 0.1) is 5.02 Å². The van der Waals surface area contributed by atoms with Crippen molar-refractivity contribution in [2.45, 2.75) is 6.92 Å². The maximum Gasteiger partial charge on any atom is 0.152 e. The zero-order valence-electron chi connectivity index (χ0n) is 9.24. The van der Waals surface area contributed by atoms with Crippen molar-refractivity contribution in [3.63, 3.8) is 0 Å². The van der Waals surface area contributed by atoms with Crippen LogP contribution >= 0.6 is 11.6 Å². The second kappa shape index (κ2) is 5.10. The summed E-state index contributed by atoms with van der Waals surface area (Å²) in [7, 11) is 0. The van der Waals surface area contributed by atoms with Crippen LogP contribution in [0.25, 0.3) is 11.3 Å². The zero-order chi connectivity index (χ0) is 12.3. The monoisotopic (exact) mass is 251 g/mol. The van der Waals surface area contributed by atoms with Crippen LogP contribution in [0.4, 0.5) is 10.2 Å². The number of hydrogen-bond donors (Lipinski definition) is 1. The number of hydrogen-bond acceptors (Lipinski definition) is 3. The van der Waals surface area contributed by atoms with Gasteiger partial charge in [0.2, 0.25) is 0 Å². The minimum atomic E-state index is -0.440. The van der Waals surface area contributed by atoms with E-state index in [4.69, 9.17) is 11.6 Å². The number of rotatable bonds is 3. The maximum atomic E-state index is 13.1. The van der Waals surface area contributed by atoms with E-state index in [0.717, 1.165) is 12.1 Å². The molecule has 3 nitrogen and oxygen atoms in total. The van der Waals surface area contributed by atoms with Crippen LogP contribution in [-0.2, 0) is 0 Å². The minimum absolute atomic E-state index is 0.0793. The van der Waals surface area contributed by atoms with Crippen LogP contribution in [0.15, 0.2) is 30.6 Å². The number of nitrogens with one attached hydrogen (secondary N) is 1. The molecule has 0 aliphatic rings. The van der Waals surface area contributed by atoms with E-state index in [1.54, 1.807) is 24.5 Å². The highest BCUT2D eigenvalue weighted by molar-refractivity contribution is 6.31. The smallest absolute Gasteiger partial charge is 0.152 e. The van der Waals surface area contributed by atoms with Crippen LogP contribution in [0.5, 0.6) is 0 Å². The molecule has 0 bridgehead atoms. The lowest BCUT2D eigenvalue weighted by Gasteiger charge is -2.08. The van der Waals surface area contributed by atoms with Crippen LogP contribution in [0.1, 0.15) is 6.92 Å². The number of aromatic nitrogens is 2. The summed E-state index contributed by atoms with van der Waals surface area (Å²) in [6, 6.07) is 4.50. The van der Waals surface area contributed by atoms with E-state index in [2.05, 4.69) is 15.3 Å². The number of nitrogens with zero attached hydrogens (tertiary/aromatic N) is 2. The Morgan fingerprint density at radius 1 is 1.29 bits per heavy atom. The van der Waals surface area contributed by atoms with Gasteiger partial charge in [-0.3, -0.25) is 4.98 Å². The van der Waals surface area contributed by atoms with Gasteiger partial charge in [-0.15, -0.1) is 0 Å². The molecule has 2 aromatic rings. The van der Waals surface area contributed by atoms with Crippen LogP contribution < -0.4 is 5.32 Å². The summed E-state index contributed by atoms with van der Waals surface area (Å²) >= 11 is 5.75. The molecule has 5 heteroatoms. The van der Waals surface area contributed by atoms with Crippen LogP contribution in [-0.4, -0.2) is 16.5 Å². The summed E-state index contributed by atoms with van der Waals surface area (Å²) < 4.78 is 13.1. The SMILES string of the molecule is CCNc1nccnc1-c1ccc(F)c(Cl)c1. The molecule has 0 radical (unpaired) electrons. The molecule has 0 atom stereocenters. The molecule has 1 aromatic carbocycles. The summed E-state index contributed by atoms with van der Waals surface area (Å²) in [6.45, 7) is 2.71. The fourth-order valence-corrected chi connectivity index (χ4v) is 1.67. The van der Waals surface area contributed by atoms with Crippen molar-refractivity contribution in [3.8, 4) is 11.3 Å². The Morgan fingerprint density at radius 3 is 2.76 bits per heavy atom. The summed E-state index contributed by atoms with van der Waals surface area (Å²) in [6.07, 6.45) is 3.19. The third-order valence-corrected chi connectivity index (χ3v) is 2.53. The second-order valence-corrected chi connectivity index (χ2v) is 3.82. The summed E-state index contributed by atoms with van der Waals surface area (Å²) in [5.41, 5.74) is 1.40. The van der Waals surface area contributed by atoms with E-state index in [1.165, 1.54) is 6.07 Å². The highest BCUT2D eigenvalue weighted by atomic mass is 35.5. The van der Waals surface area contributed by atoms with Gasteiger partial charge in [0.25, 0.3) is 0 Å². The molecule has 0 fully saturated rings. The van der Waals surface area contributed by atoms with Gasteiger partial charge in [0.1, 0.15) is 11.5 Å². The Labute approximate surface area is 104 Å². The van der Waals surface area contributed by atoms with Crippen molar-refractivity contribution >= 4 is 17.4 Å². The first-order valence-corrected chi connectivity index (χ1v) is 5.60. The van der Waals surface area contributed by atoms with Crippen LogP contribution in [0.2, 0.25) is 5.02 Å². The summed E-state index contributed by atoms with van der Waals surface area (Å²) in [4.78, 5) is 8.42. The normalized spacial score (nSPS) is 10.3. The molecular weight excluding hydrogens is 241 g/mol. The molecule has 17 heavy (non-hydrogen) atoms. The Bertz CT molecular complexity index is 531. The summed E-state index contributed by atoms with van der Waals surface area (Å²) in [5.74, 6) is 0.224. The molecule has 1 N–H and O–H groups in total. The largest absolute Gasteiger partial charge is 0.369 e. The van der Waals surface area contributed by atoms with Gasteiger partial charge in [-0.1, -0.05) is 11.6 Å². The third-order valence-electron chi connectivity index (χ3n) is 2.24. The molecule has 0 amide bonds. The van der Waals surface area contributed by atoms with E-state index in [1.807, 2.05) is 6.92 Å². The molecule has 0 aliphatic heterocycles. The van der Waals surface area contributed by atoms with Crippen molar-refractivity contribution < 1.29 is 4.39 Å². The second-order valence-electron chi connectivity index (χ2n) is 3.41. The molecule has 0 aliphatic carbocycles. The first kappa shape index (κ1) is 11.8. The van der Waals surface area contributed by atoms with Gasteiger partial charge in [-0.2, -0.15) is 0 Å². The number of anilines is 1. The van der Waals surface area contributed by atoms with Gasteiger partial charge in [-0.25, -0.2) is 9.37 Å². The first-order valence-electron chi connectivity index (χ1n) is 5.22. The molecule has 88 valence electrons. The molecule has 0 unspecified atom stereocenters. The Balaban J connectivity index is 2.48. The lowest BCUT2D eigenvalue weighted by molar-refractivity contribution is 0.628. The van der Waals surface area contributed by atoms with Crippen molar-refractivity contribution in [2.24, 2.45) is 0 Å². The highest BCUT2D eigenvalue weighted by Crippen LogP contribution is 2.27. The van der Waals surface area contributed by atoms with Gasteiger partial charge in [0, 0.05) is 24.5 Å². The topological polar surface area (TPSA) is 37.8 Å². The Morgan fingerprint density at radius 2 is 2.06 bits per heavy atom. The van der Waals surface area contributed by atoms with Crippen LogP contribution in [0.3, 0.4) is 0 Å². The van der Waals surface area contributed by atoms with E-state index in [9.17, 15) is 4.39 Å². The molecule has 1 aromatic heterocycles. The van der Waals surface area contributed by atoms with Crippen molar-refractivity contribution in [2.75, 3.05) is 11.9 Å². The maximum absolute atomic E-state index is 13.1. The summed E-state index contributed by atoms with van der Waals surface area (Å²) in [5, 5.41) is 3.18. The van der Waals surface area contributed by atoms with E-state index in [0.29, 0.717) is 11.5 Å². The average Bonchev–Trinajstić information content (AvgIpc) is 2.34. The predicted molar refractivity (Wildman–Crippen MR) is 66.6 cm³/mol. The van der Waals surface area contributed by atoms with Gasteiger partial charge in [0.15, 0.2) is 5.82 Å². The third kappa shape index (κ3) is 2.53. The number of halogens is 2. The molecule has 2 rings (SSSR count). The Kier molecular flexibility index (Phi) is 3.54. The van der Waals surface area contributed by atoms with Gasteiger partial charge >= 0.3 is 0 Å². The quantitative estimate of drug-likeness (QED) is 0.909. The standard InChI is InChI=1S/C12H11ClFN3/c1-2-15-12-11(16-5-6-17-12)8-3-4-10(14)9(13)7-8/h3-7H,2H2,1H3,(H,15,17). The fraction of sp³-hybridized carbons (Fsp3) is 0.167. The molecule has 0 saturated heterocycles. The molecule has 0 saturated carbocycles. The zero-order valence-corrected chi connectivity index (χ0v) is 10.0. The van der Waals surface area contributed by atoms with Crippen molar-refractivity contribution in [3.05, 3.63) is 41.4 Å². The van der Waals surface area contributed by atoms with E-state index in [-0.39, 0.29) is 5.02 Å². The number of benzene rings is 1. The molecule has 1 heterocycles. The van der Waals surface area contributed by atoms with Crippen molar-refractivity contribution in [1.82, 2.24) is 9.97 Å². The van der Waals surface area contributed by atoms with Crippen molar-refractivity contribution in [1.29, 1.82) is 0 Å².